The van der Waals surface area contributed by atoms with Gasteiger partial charge in [0, 0.05) is 0 Å². The minimum atomic E-state index is -4.36. The molecule has 0 aliphatic carbocycles. The van der Waals surface area contributed by atoms with E-state index in [0.29, 0.717) is 5.56 Å². The van der Waals surface area contributed by atoms with Gasteiger partial charge in [-0.1, -0.05) is 12.1 Å². The van der Waals surface area contributed by atoms with Gasteiger partial charge in [-0.3, -0.25) is 0 Å². The second kappa shape index (κ2) is 6.42. The number of aryl methyl sites for hydroxylation is 1. The minimum absolute atomic E-state index is 0.0946. The number of aromatic carboxylic acids is 1. The van der Waals surface area contributed by atoms with E-state index in [1.165, 1.54) is 25.1 Å². The van der Waals surface area contributed by atoms with Crippen molar-refractivity contribution >= 4 is 17.7 Å². The monoisotopic (exact) mass is 308 g/mol. The molecule has 0 aromatic heterocycles. The summed E-state index contributed by atoms with van der Waals surface area (Å²) < 4.78 is 49.1. The van der Waals surface area contributed by atoms with Gasteiger partial charge in [-0.05, 0) is 18.6 Å². The first-order valence-corrected chi connectivity index (χ1v) is 5.69. The summed E-state index contributed by atoms with van der Waals surface area (Å²) >= 11 is 0. The zero-order valence-corrected chi connectivity index (χ0v) is 10.8. The van der Waals surface area contributed by atoms with Crippen molar-refractivity contribution in [1.29, 1.82) is 0 Å². The molecule has 0 aliphatic rings. The first-order valence-electron chi connectivity index (χ1n) is 5.69. The third kappa shape index (κ3) is 4.33. The number of alkyl halides is 4. The van der Waals surface area contributed by atoms with E-state index in [2.05, 4.69) is 5.32 Å². The number of urea groups is 1. The molecule has 9 heteroatoms. The maximum absolute atomic E-state index is 12.6. The average molecular weight is 308 g/mol. The van der Waals surface area contributed by atoms with Gasteiger partial charge in [0.2, 0.25) is 0 Å². The van der Waals surface area contributed by atoms with Crippen molar-refractivity contribution in [1.82, 2.24) is 5.32 Å². The van der Waals surface area contributed by atoms with Gasteiger partial charge in [-0.15, -0.1) is 0 Å². The lowest BCUT2D eigenvalue weighted by Gasteiger charge is -2.17. The van der Waals surface area contributed by atoms with Crippen LogP contribution in [-0.4, -0.2) is 36.0 Å². The summed E-state index contributed by atoms with van der Waals surface area (Å²) in [5.74, 6) is -5.69. The molecular weight excluding hydrogens is 296 g/mol. The van der Waals surface area contributed by atoms with Gasteiger partial charge in [-0.25, -0.2) is 18.4 Å². The lowest BCUT2D eigenvalue weighted by atomic mass is 10.1. The van der Waals surface area contributed by atoms with E-state index in [1.54, 1.807) is 5.32 Å². The first-order chi connectivity index (χ1) is 9.65. The highest BCUT2D eigenvalue weighted by Crippen LogP contribution is 2.22. The Kier molecular flexibility index (Phi) is 5.12. The maximum Gasteiger partial charge on any atom is 0.337 e. The van der Waals surface area contributed by atoms with Crippen LogP contribution in [-0.2, 0) is 0 Å². The standard InChI is InChI=1S/C12H12F4N2O3/c1-6-3-2-4-7(9(19)20)8(6)18-11(21)17-5-12(15,16)10(13)14/h2-4,10H,5H2,1H3,(H,19,20)(H2,17,18,21). The molecule has 0 atom stereocenters. The Morgan fingerprint density at radius 1 is 1.33 bits per heavy atom. The Labute approximate surface area is 117 Å². The number of benzene rings is 1. The third-order valence-corrected chi connectivity index (χ3v) is 2.55. The minimum Gasteiger partial charge on any atom is -0.478 e. The molecule has 0 radical (unpaired) electrons. The predicted molar refractivity (Wildman–Crippen MR) is 66.1 cm³/mol. The number of para-hydroxylation sites is 1. The molecule has 0 aliphatic heterocycles. The van der Waals surface area contributed by atoms with Gasteiger partial charge in [-0.2, -0.15) is 8.78 Å². The van der Waals surface area contributed by atoms with Crippen molar-refractivity contribution < 1.29 is 32.3 Å². The first kappa shape index (κ1) is 16.7. The molecule has 2 amide bonds. The summed E-state index contributed by atoms with van der Waals surface area (Å²) in [7, 11) is 0. The quantitative estimate of drug-likeness (QED) is 0.732. The highest BCUT2D eigenvalue weighted by atomic mass is 19.3. The molecule has 0 bridgehead atoms. The van der Waals surface area contributed by atoms with Crippen LogP contribution < -0.4 is 10.6 Å². The summed E-state index contributed by atoms with van der Waals surface area (Å²) in [5.41, 5.74) is 0.0410. The highest BCUT2D eigenvalue weighted by Gasteiger charge is 2.40. The molecular formula is C12H12F4N2O3. The molecule has 0 spiro atoms. The molecule has 1 aromatic rings. The van der Waals surface area contributed by atoms with Crippen molar-refractivity contribution in [3.8, 4) is 0 Å². The van der Waals surface area contributed by atoms with Crippen LogP contribution in [0.4, 0.5) is 28.0 Å². The summed E-state index contributed by atoms with van der Waals surface area (Å²) in [5, 5.41) is 12.6. The average Bonchev–Trinajstić information content (AvgIpc) is 2.38. The Hall–Kier alpha value is -2.32. The zero-order chi connectivity index (χ0) is 16.2. The molecule has 5 nitrogen and oxygen atoms in total. The number of nitrogens with one attached hydrogen (secondary N) is 2. The van der Waals surface area contributed by atoms with Gasteiger partial charge >= 0.3 is 24.3 Å². The fourth-order valence-electron chi connectivity index (χ4n) is 1.44. The second-order valence-electron chi connectivity index (χ2n) is 4.17. The number of carbonyl (C=O) groups is 2. The van der Waals surface area contributed by atoms with Crippen LogP contribution >= 0.6 is 0 Å². The van der Waals surface area contributed by atoms with Gasteiger partial charge in [0.15, 0.2) is 0 Å². The van der Waals surface area contributed by atoms with Crippen LogP contribution in [0.15, 0.2) is 18.2 Å². The van der Waals surface area contributed by atoms with Crippen LogP contribution in [0.2, 0.25) is 0 Å². The van der Waals surface area contributed by atoms with Crippen molar-refractivity contribution in [2.24, 2.45) is 0 Å². The number of hydrogen-bond donors (Lipinski definition) is 3. The van der Waals surface area contributed by atoms with E-state index < -0.39 is 30.9 Å². The van der Waals surface area contributed by atoms with Crippen LogP contribution in [0.25, 0.3) is 0 Å². The van der Waals surface area contributed by atoms with E-state index in [9.17, 15) is 27.2 Å². The second-order valence-corrected chi connectivity index (χ2v) is 4.17. The molecule has 3 N–H and O–H groups in total. The number of hydrogen-bond acceptors (Lipinski definition) is 2. The van der Waals surface area contributed by atoms with Crippen molar-refractivity contribution in [2.75, 3.05) is 11.9 Å². The van der Waals surface area contributed by atoms with Gasteiger partial charge in [0.1, 0.15) is 0 Å². The largest absolute Gasteiger partial charge is 0.478 e. The molecule has 21 heavy (non-hydrogen) atoms. The molecule has 0 unspecified atom stereocenters. The van der Waals surface area contributed by atoms with Crippen LogP contribution in [0.1, 0.15) is 15.9 Å². The predicted octanol–water partition coefficient (Wildman–Crippen LogP) is 2.72. The van der Waals surface area contributed by atoms with Crippen LogP contribution in [0.3, 0.4) is 0 Å². The Morgan fingerprint density at radius 3 is 2.48 bits per heavy atom. The zero-order valence-electron chi connectivity index (χ0n) is 10.8. The Bertz CT molecular complexity index is 549. The number of carboxylic acid groups (broad SMARTS) is 1. The fraction of sp³-hybridized carbons (Fsp3) is 0.333. The van der Waals surface area contributed by atoms with Gasteiger partial charge < -0.3 is 15.7 Å². The van der Waals surface area contributed by atoms with E-state index >= 15 is 0 Å². The van der Waals surface area contributed by atoms with E-state index in [1.807, 2.05) is 0 Å². The highest BCUT2D eigenvalue weighted by molar-refractivity contribution is 6.00. The van der Waals surface area contributed by atoms with Crippen LogP contribution in [0, 0.1) is 6.92 Å². The number of halogens is 4. The molecule has 116 valence electrons. The molecule has 1 rings (SSSR count). The number of rotatable bonds is 5. The SMILES string of the molecule is Cc1cccc(C(=O)O)c1NC(=O)NCC(F)(F)C(F)F. The van der Waals surface area contributed by atoms with E-state index in [4.69, 9.17) is 5.11 Å². The number of amides is 2. The fourth-order valence-corrected chi connectivity index (χ4v) is 1.44. The van der Waals surface area contributed by atoms with Crippen molar-refractivity contribution in [3.05, 3.63) is 29.3 Å². The topological polar surface area (TPSA) is 78.4 Å². The van der Waals surface area contributed by atoms with E-state index in [0.717, 1.165) is 0 Å². The van der Waals surface area contributed by atoms with Gasteiger partial charge in [0.25, 0.3) is 0 Å². The summed E-state index contributed by atoms with van der Waals surface area (Å²) in [6.07, 6.45) is -3.91. The lowest BCUT2D eigenvalue weighted by molar-refractivity contribution is -0.123. The number of carboxylic acids is 1. The normalized spacial score (nSPS) is 11.3. The summed E-state index contributed by atoms with van der Waals surface area (Å²) in [6.45, 7) is -0.0688. The number of carbonyl (C=O) groups excluding carboxylic acids is 1. The molecule has 0 fully saturated rings. The van der Waals surface area contributed by atoms with Crippen molar-refractivity contribution in [2.45, 2.75) is 19.3 Å². The Balaban J connectivity index is 2.79. The maximum atomic E-state index is 12.6. The van der Waals surface area contributed by atoms with Crippen molar-refractivity contribution in [3.63, 3.8) is 0 Å². The number of anilines is 1. The molecule has 1 aromatic carbocycles. The summed E-state index contributed by atoms with van der Waals surface area (Å²) in [4.78, 5) is 22.4. The van der Waals surface area contributed by atoms with Gasteiger partial charge in [0.05, 0.1) is 17.8 Å². The van der Waals surface area contributed by atoms with Crippen LogP contribution in [0.5, 0.6) is 0 Å². The molecule has 0 saturated heterocycles. The smallest absolute Gasteiger partial charge is 0.337 e. The summed E-state index contributed by atoms with van der Waals surface area (Å²) in [6, 6.07) is 2.94. The third-order valence-electron chi connectivity index (χ3n) is 2.55. The Morgan fingerprint density at radius 2 is 1.95 bits per heavy atom. The lowest BCUT2D eigenvalue weighted by Crippen LogP contribution is -2.43. The molecule has 0 saturated carbocycles. The van der Waals surface area contributed by atoms with E-state index in [-0.39, 0.29) is 11.3 Å². The molecule has 0 heterocycles.